The Morgan fingerprint density at radius 3 is 3.17 bits per heavy atom. The molecule has 0 saturated heterocycles. The van der Waals surface area contributed by atoms with Gasteiger partial charge in [0.1, 0.15) is 12.4 Å². The third-order valence-electron chi connectivity index (χ3n) is 1.66. The standard InChI is InChI=1S/C8H6FNOS/c9-6-1-2-7-5(3-6)4-11-8(12)10-7/h1-3H,4H2,(H,10,12). The van der Waals surface area contributed by atoms with E-state index in [4.69, 9.17) is 17.0 Å². The summed E-state index contributed by atoms with van der Waals surface area (Å²) in [5.41, 5.74) is 1.62. The Morgan fingerprint density at radius 2 is 2.33 bits per heavy atom. The van der Waals surface area contributed by atoms with Crippen LogP contribution in [0.3, 0.4) is 0 Å². The highest BCUT2D eigenvalue weighted by Gasteiger charge is 2.12. The van der Waals surface area contributed by atoms with Crippen LogP contribution < -0.4 is 5.32 Å². The lowest BCUT2D eigenvalue weighted by atomic mass is 10.2. The van der Waals surface area contributed by atoms with Crippen molar-refractivity contribution in [2.45, 2.75) is 6.61 Å². The van der Waals surface area contributed by atoms with E-state index in [1.165, 1.54) is 12.1 Å². The van der Waals surface area contributed by atoms with Gasteiger partial charge in [-0.25, -0.2) is 4.39 Å². The summed E-state index contributed by atoms with van der Waals surface area (Å²) in [7, 11) is 0. The zero-order valence-corrected chi connectivity index (χ0v) is 6.95. The normalized spacial score (nSPS) is 14.6. The molecule has 0 amide bonds. The van der Waals surface area contributed by atoms with E-state index in [0.29, 0.717) is 11.8 Å². The highest BCUT2D eigenvalue weighted by molar-refractivity contribution is 7.80. The topological polar surface area (TPSA) is 21.3 Å². The molecule has 1 N–H and O–H groups in total. The molecular weight excluding hydrogens is 177 g/mol. The smallest absolute Gasteiger partial charge is 0.261 e. The summed E-state index contributed by atoms with van der Waals surface area (Å²) in [4.78, 5) is 0. The molecule has 12 heavy (non-hydrogen) atoms. The van der Waals surface area contributed by atoms with Crippen molar-refractivity contribution in [1.82, 2.24) is 0 Å². The molecule has 1 aliphatic rings. The van der Waals surface area contributed by atoms with E-state index in [1.54, 1.807) is 6.07 Å². The third-order valence-corrected chi connectivity index (χ3v) is 1.88. The van der Waals surface area contributed by atoms with Crippen molar-refractivity contribution in [2.75, 3.05) is 5.32 Å². The van der Waals surface area contributed by atoms with E-state index >= 15 is 0 Å². The Hall–Kier alpha value is -1.16. The fraction of sp³-hybridized carbons (Fsp3) is 0.125. The lowest BCUT2D eigenvalue weighted by molar-refractivity contribution is 0.294. The van der Waals surface area contributed by atoms with E-state index in [-0.39, 0.29) is 5.82 Å². The van der Waals surface area contributed by atoms with Crippen molar-refractivity contribution in [3.05, 3.63) is 29.6 Å². The van der Waals surface area contributed by atoms with Crippen LogP contribution in [0.2, 0.25) is 0 Å². The second-order valence-electron chi connectivity index (χ2n) is 2.50. The van der Waals surface area contributed by atoms with Gasteiger partial charge >= 0.3 is 0 Å². The number of hydrogen-bond acceptors (Lipinski definition) is 2. The van der Waals surface area contributed by atoms with Crippen LogP contribution >= 0.6 is 12.2 Å². The van der Waals surface area contributed by atoms with Crippen molar-refractivity contribution in [3.8, 4) is 0 Å². The SMILES string of the molecule is Fc1ccc2c(c1)COC(=S)N2. The van der Waals surface area contributed by atoms with Gasteiger partial charge in [-0.15, -0.1) is 0 Å². The van der Waals surface area contributed by atoms with Gasteiger partial charge < -0.3 is 10.1 Å². The van der Waals surface area contributed by atoms with Crippen molar-refractivity contribution >= 4 is 23.1 Å². The number of hydrogen-bond donors (Lipinski definition) is 1. The van der Waals surface area contributed by atoms with Crippen molar-refractivity contribution in [2.24, 2.45) is 0 Å². The molecule has 1 aromatic carbocycles. The zero-order chi connectivity index (χ0) is 8.55. The Balaban J connectivity index is 2.43. The number of thiocarbonyl (C=S) groups is 1. The number of benzene rings is 1. The van der Waals surface area contributed by atoms with Crippen molar-refractivity contribution in [3.63, 3.8) is 0 Å². The van der Waals surface area contributed by atoms with Crippen molar-refractivity contribution in [1.29, 1.82) is 0 Å². The molecule has 2 nitrogen and oxygen atoms in total. The van der Waals surface area contributed by atoms with Gasteiger partial charge in [0, 0.05) is 11.3 Å². The van der Waals surface area contributed by atoms with Crippen LogP contribution in [0.25, 0.3) is 0 Å². The van der Waals surface area contributed by atoms with Crippen LogP contribution in [0.15, 0.2) is 18.2 Å². The van der Waals surface area contributed by atoms with Gasteiger partial charge in [-0.05, 0) is 30.4 Å². The lowest BCUT2D eigenvalue weighted by Crippen LogP contribution is -2.19. The molecule has 0 unspecified atom stereocenters. The molecule has 0 aromatic heterocycles. The first-order chi connectivity index (χ1) is 5.75. The van der Waals surface area contributed by atoms with Crippen LogP contribution in [0.1, 0.15) is 5.56 Å². The minimum Gasteiger partial charge on any atom is -0.466 e. The molecule has 0 bridgehead atoms. The fourth-order valence-electron chi connectivity index (χ4n) is 1.09. The first kappa shape index (κ1) is 7.49. The molecule has 2 rings (SSSR count). The van der Waals surface area contributed by atoms with E-state index in [0.717, 1.165) is 11.3 Å². The second kappa shape index (κ2) is 2.71. The summed E-state index contributed by atoms with van der Waals surface area (Å²) in [5.74, 6) is -0.257. The van der Waals surface area contributed by atoms with Crippen LogP contribution in [0.5, 0.6) is 0 Å². The first-order valence-corrected chi connectivity index (χ1v) is 3.89. The summed E-state index contributed by atoms with van der Waals surface area (Å²) in [6.07, 6.45) is 0. The monoisotopic (exact) mass is 183 g/mol. The Bertz CT molecular complexity index is 340. The average Bonchev–Trinajstić information content (AvgIpc) is 2.05. The summed E-state index contributed by atoms with van der Waals surface area (Å²) in [6.45, 7) is 0.346. The molecule has 1 heterocycles. The minimum absolute atomic E-state index is 0.257. The maximum absolute atomic E-state index is 12.7. The number of anilines is 1. The Labute approximate surface area is 74.3 Å². The Morgan fingerprint density at radius 1 is 1.50 bits per heavy atom. The predicted molar refractivity (Wildman–Crippen MR) is 47.4 cm³/mol. The molecule has 0 spiro atoms. The summed E-state index contributed by atoms with van der Waals surface area (Å²) >= 11 is 4.79. The fourth-order valence-corrected chi connectivity index (χ4v) is 1.26. The van der Waals surface area contributed by atoms with Gasteiger partial charge in [0.05, 0.1) is 0 Å². The van der Waals surface area contributed by atoms with Crippen molar-refractivity contribution < 1.29 is 9.13 Å². The van der Waals surface area contributed by atoms with Gasteiger partial charge in [0.15, 0.2) is 0 Å². The molecule has 1 aromatic rings. The van der Waals surface area contributed by atoms with Crippen LogP contribution in [0.4, 0.5) is 10.1 Å². The van der Waals surface area contributed by atoms with E-state index < -0.39 is 0 Å². The lowest BCUT2D eigenvalue weighted by Gasteiger charge is -2.18. The maximum atomic E-state index is 12.7. The molecule has 0 saturated carbocycles. The highest BCUT2D eigenvalue weighted by atomic mass is 32.1. The first-order valence-electron chi connectivity index (χ1n) is 3.48. The van der Waals surface area contributed by atoms with Crippen LogP contribution in [-0.2, 0) is 11.3 Å². The minimum atomic E-state index is -0.257. The molecule has 62 valence electrons. The highest BCUT2D eigenvalue weighted by Crippen LogP contribution is 2.21. The maximum Gasteiger partial charge on any atom is 0.261 e. The number of ether oxygens (including phenoxy) is 1. The van der Waals surface area contributed by atoms with Gasteiger partial charge in [-0.3, -0.25) is 0 Å². The quantitative estimate of drug-likeness (QED) is 0.622. The molecular formula is C8H6FNOS. The molecule has 0 aliphatic carbocycles. The molecule has 0 fully saturated rings. The molecule has 4 heteroatoms. The number of rotatable bonds is 0. The van der Waals surface area contributed by atoms with E-state index in [2.05, 4.69) is 5.32 Å². The van der Waals surface area contributed by atoms with E-state index in [1.807, 2.05) is 0 Å². The van der Waals surface area contributed by atoms with Gasteiger partial charge in [-0.2, -0.15) is 0 Å². The number of nitrogens with one attached hydrogen (secondary N) is 1. The summed E-state index contributed by atoms with van der Waals surface area (Å²) in [5, 5.41) is 3.17. The van der Waals surface area contributed by atoms with Gasteiger partial charge in [0.2, 0.25) is 0 Å². The predicted octanol–water partition coefficient (Wildman–Crippen LogP) is 2.05. The van der Waals surface area contributed by atoms with Gasteiger partial charge in [0.25, 0.3) is 5.17 Å². The van der Waals surface area contributed by atoms with Gasteiger partial charge in [-0.1, -0.05) is 0 Å². The summed E-state index contributed by atoms with van der Waals surface area (Å²) < 4.78 is 17.7. The number of fused-ring (bicyclic) bond motifs is 1. The summed E-state index contributed by atoms with van der Waals surface area (Å²) in [6, 6.07) is 4.48. The number of halogens is 1. The average molecular weight is 183 g/mol. The van der Waals surface area contributed by atoms with Crippen LogP contribution in [0, 0.1) is 5.82 Å². The molecule has 1 aliphatic heterocycles. The zero-order valence-electron chi connectivity index (χ0n) is 6.13. The van der Waals surface area contributed by atoms with E-state index in [9.17, 15) is 4.39 Å². The Kier molecular flexibility index (Phi) is 1.69. The van der Waals surface area contributed by atoms with Crippen LogP contribution in [-0.4, -0.2) is 5.17 Å². The second-order valence-corrected chi connectivity index (χ2v) is 2.87. The molecule has 0 atom stereocenters. The largest absolute Gasteiger partial charge is 0.466 e. The molecule has 0 radical (unpaired) electrons. The third kappa shape index (κ3) is 1.25.